The van der Waals surface area contributed by atoms with E-state index in [4.69, 9.17) is 15.3 Å². The molecule has 0 aliphatic rings. The van der Waals surface area contributed by atoms with Gasteiger partial charge in [-0.3, -0.25) is 0 Å². The highest BCUT2D eigenvalue weighted by atomic mass is 16.5. The number of nitrogens with two attached hydrogens (primary N) is 1. The maximum Gasteiger partial charge on any atom is 0.182 e. The van der Waals surface area contributed by atoms with Gasteiger partial charge in [0.15, 0.2) is 11.6 Å². The van der Waals surface area contributed by atoms with Gasteiger partial charge in [0.05, 0.1) is 13.2 Å². The lowest BCUT2D eigenvalue weighted by atomic mass is 10.2. The molecule has 0 amide bonds. The molecule has 112 valence electrons. The van der Waals surface area contributed by atoms with E-state index in [9.17, 15) is 0 Å². The Morgan fingerprint density at radius 2 is 1.90 bits per heavy atom. The molecule has 0 fully saturated rings. The summed E-state index contributed by atoms with van der Waals surface area (Å²) < 4.78 is 11.3. The molecule has 0 aliphatic carbocycles. The third-order valence-electron chi connectivity index (χ3n) is 2.96. The molecule has 0 saturated carbocycles. The fourth-order valence-electron chi connectivity index (χ4n) is 1.90. The van der Waals surface area contributed by atoms with Gasteiger partial charge in [0, 0.05) is 6.20 Å². The lowest BCUT2D eigenvalue weighted by molar-refractivity contribution is 0.266. The Kier molecular flexibility index (Phi) is 5.84. The first kappa shape index (κ1) is 15.1. The standard InChI is InChI=1S/C16H21N3O2/c1-13-6-4-7-14(12-13)20-10-2-3-11-21-15-8-5-9-18-16(15)19-17/h4-9,12H,2-3,10-11,17H2,1H3,(H,18,19). The Morgan fingerprint density at radius 1 is 1.10 bits per heavy atom. The van der Waals surface area contributed by atoms with Crippen molar-refractivity contribution in [2.75, 3.05) is 18.6 Å². The van der Waals surface area contributed by atoms with Crippen LogP contribution in [0.3, 0.4) is 0 Å². The van der Waals surface area contributed by atoms with E-state index >= 15 is 0 Å². The summed E-state index contributed by atoms with van der Waals surface area (Å²) in [7, 11) is 0. The van der Waals surface area contributed by atoms with Gasteiger partial charge in [0.1, 0.15) is 5.75 Å². The maximum atomic E-state index is 5.68. The first-order valence-corrected chi connectivity index (χ1v) is 7.03. The molecule has 5 nitrogen and oxygen atoms in total. The molecule has 0 bridgehead atoms. The zero-order chi connectivity index (χ0) is 14.9. The van der Waals surface area contributed by atoms with Crippen molar-refractivity contribution < 1.29 is 9.47 Å². The van der Waals surface area contributed by atoms with Crippen molar-refractivity contribution in [2.24, 2.45) is 5.84 Å². The van der Waals surface area contributed by atoms with E-state index in [2.05, 4.69) is 23.4 Å². The van der Waals surface area contributed by atoms with Gasteiger partial charge in [-0.2, -0.15) is 0 Å². The zero-order valence-electron chi connectivity index (χ0n) is 12.2. The van der Waals surface area contributed by atoms with Crippen molar-refractivity contribution in [1.82, 2.24) is 4.98 Å². The summed E-state index contributed by atoms with van der Waals surface area (Å²) in [5, 5.41) is 0. The second-order valence-corrected chi connectivity index (χ2v) is 4.72. The predicted molar refractivity (Wildman–Crippen MR) is 83.5 cm³/mol. The van der Waals surface area contributed by atoms with Crippen molar-refractivity contribution in [3.05, 3.63) is 48.2 Å². The molecule has 0 aliphatic heterocycles. The van der Waals surface area contributed by atoms with E-state index in [1.54, 1.807) is 6.20 Å². The fraction of sp³-hybridized carbons (Fsp3) is 0.312. The van der Waals surface area contributed by atoms with Crippen molar-refractivity contribution in [3.8, 4) is 11.5 Å². The van der Waals surface area contributed by atoms with Crippen molar-refractivity contribution >= 4 is 5.82 Å². The van der Waals surface area contributed by atoms with E-state index in [-0.39, 0.29) is 0 Å². The molecule has 1 heterocycles. The quantitative estimate of drug-likeness (QED) is 0.444. The lowest BCUT2D eigenvalue weighted by Crippen LogP contribution is -2.11. The molecule has 3 N–H and O–H groups in total. The van der Waals surface area contributed by atoms with Crippen LogP contribution in [0.4, 0.5) is 5.82 Å². The van der Waals surface area contributed by atoms with E-state index < -0.39 is 0 Å². The number of hydrogen-bond acceptors (Lipinski definition) is 5. The number of unbranched alkanes of at least 4 members (excludes halogenated alkanes) is 1. The number of nitrogens with one attached hydrogen (secondary N) is 1. The van der Waals surface area contributed by atoms with Crippen molar-refractivity contribution in [3.63, 3.8) is 0 Å². The van der Waals surface area contributed by atoms with E-state index in [1.165, 1.54) is 5.56 Å². The number of aryl methyl sites for hydroxylation is 1. The predicted octanol–water partition coefficient (Wildman–Crippen LogP) is 2.91. The van der Waals surface area contributed by atoms with Gasteiger partial charge in [0.25, 0.3) is 0 Å². The second-order valence-electron chi connectivity index (χ2n) is 4.72. The Hall–Kier alpha value is -2.27. The van der Waals surface area contributed by atoms with Crippen LogP contribution in [-0.2, 0) is 0 Å². The number of benzene rings is 1. The molecule has 0 unspecified atom stereocenters. The third-order valence-corrected chi connectivity index (χ3v) is 2.96. The number of anilines is 1. The molecular formula is C16H21N3O2. The third kappa shape index (κ3) is 4.96. The van der Waals surface area contributed by atoms with Gasteiger partial charge in [0.2, 0.25) is 0 Å². The number of hydrogen-bond donors (Lipinski definition) is 2. The summed E-state index contributed by atoms with van der Waals surface area (Å²) in [6, 6.07) is 11.7. The van der Waals surface area contributed by atoms with Gasteiger partial charge in [-0.15, -0.1) is 0 Å². The summed E-state index contributed by atoms with van der Waals surface area (Å²) in [5.41, 5.74) is 3.72. The van der Waals surface area contributed by atoms with Gasteiger partial charge in [-0.05, 0) is 49.6 Å². The average molecular weight is 287 g/mol. The van der Waals surface area contributed by atoms with Crippen LogP contribution in [0.15, 0.2) is 42.6 Å². The molecule has 21 heavy (non-hydrogen) atoms. The van der Waals surface area contributed by atoms with Crippen LogP contribution in [-0.4, -0.2) is 18.2 Å². The van der Waals surface area contributed by atoms with Crippen LogP contribution >= 0.6 is 0 Å². The molecule has 2 aromatic rings. The molecule has 0 atom stereocenters. The Labute approximate surface area is 125 Å². The number of nitrogens with zero attached hydrogens (tertiary/aromatic N) is 1. The summed E-state index contributed by atoms with van der Waals surface area (Å²) in [6.07, 6.45) is 3.50. The van der Waals surface area contributed by atoms with Crippen molar-refractivity contribution in [1.29, 1.82) is 0 Å². The maximum absolute atomic E-state index is 5.68. The Balaban J connectivity index is 1.64. The van der Waals surface area contributed by atoms with Gasteiger partial charge in [-0.1, -0.05) is 12.1 Å². The van der Waals surface area contributed by atoms with E-state index in [0.717, 1.165) is 18.6 Å². The van der Waals surface area contributed by atoms with Crippen LogP contribution in [0.1, 0.15) is 18.4 Å². The van der Waals surface area contributed by atoms with E-state index in [0.29, 0.717) is 24.8 Å². The topological polar surface area (TPSA) is 69.4 Å². The molecule has 0 saturated heterocycles. The molecule has 2 rings (SSSR count). The molecule has 0 spiro atoms. The monoisotopic (exact) mass is 287 g/mol. The molecule has 5 heteroatoms. The van der Waals surface area contributed by atoms with E-state index in [1.807, 2.05) is 30.3 Å². The summed E-state index contributed by atoms with van der Waals surface area (Å²) in [4.78, 5) is 4.07. The van der Waals surface area contributed by atoms with Crippen LogP contribution < -0.4 is 20.7 Å². The van der Waals surface area contributed by atoms with Gasteiger partial charge >= 0.3 is 0 Å². The zero-order valence-corrected chi connectivity index (χ0v) is 12.2. The highest BCUT2D eigenvalue weighted by Gasteiger charge is 2.02. The molecular weight excluding hydrogens is 266 g/mol. The molecule has 0 radical (unpaired) electrons. The number of nitrogen functional groups attached to an aromatic ring is 1. The number of ether oxygens (including phenoxy) is 2. The second kappa shape index (κ2) is 8.11. The van der Waals surface area contributed by atoms with Crippen LogP contribution in [0, 0.1) is 6.92 Å². The minimum atomic E-state index is 0.550. The highest BCUT2D eigenvalue weighted by Crippen LogP contribution is 2.19. The molecule has 1 aromatic heterocycles. The SMILES string of the molecule is Cc1cccc(OCCCCOc2cccnc2NN)c1. The van der Waals surface area contributed by atoms with Crippen molar-refractivity contribution in [2.45, 2.75) is 19.8 Å². The number of rotatable bonds is 8. The number of pyridine rings is 1. The van der Waals surface area contributed by atoms with Gasteiger partial charge < -0.3 is 14.9 Å². The fourth-order valence-corrected chi connectivity index (χ4v) is 1.90. The Morgan fingerprint density at radius 3 is 2.67 bits per heavy atom. The summed E-state index contributed by atoms with van der Waals surface area (Å²) in [5.74, 6) is 7.50. The average Bonchev–Trinajstić information content (AvgIpc) is 2.51. The first-order valence-electron chi connectivity index (χ1n) is 7.03. The normalized spacial score (nSPS) is 10.2. The number of aromatic nitrogens is 1. The largest absolute Gasteiger partial charge is 0.494 e. The highest BCUT2D eigenvalue weighted by molar-refractivity contribution is 5.48. The Bertz CT molecular complexity index is 561. The van der Waals surface area contributed by atoms with Crippen LogP contribution in [0.5, 0.6) is 11.5 Å². The first-order chi connectivity index (χ1) is 10.3. The minimum absolute atomic E-state index is 0.550. The van der Waals surface area contributed by atoms with Gasteiger partial charge in [-0.25, -0.2) is 10.8 Å². The smallest absolute Gasteiger partial charge is 0.182 e. The molecule has 1 aromatic carbocycles. The number of hydrazine groups is 1. The summed E-state index contributed by atoms with van der Waals surface area (Å²) in [6.45, 7) is 3.34. The van der Waals surface area contributed by atoms with Crippen LogP contribution in [0.2, 0.25) is 0 Å². The van der Waals surface area contributed by atoms with Crippen LogP contribution in [0.25, 0.3) is 0 Å². The summed E-state index contributed by atoms with van der Waals surface area (Å²) >= 11 is 0. The minimum Gasteiger partial charge on any atom is -0.494 e. The lowest BCUT2D eigenvalue weighted by Gasteiger charge is -2.10.